The van der Waals surface area contributed by atoms with Crippen molar-refractivity contribution >= 4 is 34.4 Å². The predicted octanol–water partition coefficient (Wildman–Crippen LogP) is 4.05. The summed E-state index contributed by atoms with van der Waals surface area (Å²) in [4.78, 5) is 23.7. The fourth-order valence-corrected chi connectivity index (χ4v) is 4.40. The maximum absolute atomic E-state index is 15.2. The zero-order valence-corrected chi connectivity index (χ0v) is 19.0. The molecule has 2 heterocycles. The first kappa shape index (κ1) is 22.8. The molecule has 2 aromatic heterocycles. The van der Waals surface area contributed by atoms with Gasteiger partial charge >= 0.3 is 11.9 Å². The summed E-state index contributed by atoms with van der Waals surface area (Å²) < 4.78 is 28.6. The topological polar surface area (TPSA) is 75.4 Å². The molecule has 0 fully saturated rings. The number of hydrogen-bond acceptors (Lipinski definition) is 5. The van der Waals surface area contributed by atoms with Crippen molar-refractivity contribution in [3.8, 4) is 11.1 Å². The number of methoxy groups -OCH3 is 1. The lowest BCUT2D eigenvalue weighted by molar-refractivity contribution is -0.141. The molecule has 0 spiro atoms. The van der Waals surface area contributed by atoms with Crippen LogP contribution in [0.1, 0.15) is 40.8 Å². The number of alkyl halides is 1. The average molecular weight is 450 g/mol. The molecule has 0 amide bonds. The van der Waals surface area contributed by atoms with Gasteiger partial charge in [0.1, 0.15) is 11.5 Å². The van der Waals surface area contributed by atoms with E-state index in [1.165, 1.54) is 20.1 Å². The highest BCUT2D eigenvalue weighted by Crippen LogP contribution is 2.39. The Morgan fingerprint density at radius 1 is 1.23 bits per heavy atom. The zero-order chi connectivity index (χ0) is 22.9. The maximum Gasteiger partial charge on any atom is 0.354 e. The van der Waals surface area contributed by atoms with E-state index < -0.39 is 11.8 Å². The highest BCUT2D eigenvalue weighted by Gasteiger charge is 2.27. The SMILES string of the molecule is COC(=O)c1c(CCCOC(C)=O)c2ccc(F)c(-c3c(C)nn(C)c3CCl)c2n1C. The molecule has 0 saturated heterocycles. The Hall–Kier alpha value is -2.87. The second-order valence-corrected chi connectivity index (χ2v) is 7.57. The maximum atomic E-state index is 15.2. The number of carbonyl (C=O) groups excluding carboxylic acids is 2. The average Bonchev–Trinajstić information content (AvgIpc) is 3.17. The van der Waals surface area contributed by atoms with Crippen LogP contribution < -0.4 is 0 Å². The summed E-state index contributed by atoms with van der Waals surface area (Å²) in [5.74, 6) is -1.16. The van der Waals surface area contributed by atoms with Crippen LogP contribution in [0, 0.1) is 12.7 Å². The van der Waals surface area contributed by atoms with Crippen LogP contribution >= 0.6 is 11.6 Å². The van der Waals surface area contributed by atoms with Crippen molar-refractivity contribution < 1.29 is 23.5 Å². The normalized spacial score (nSPS) is 11.2. The molecule has 0 aliphatic carbocycles. The molecular weight excluding hydrogens is 425 g/mol. The van der Waals surface area contributed by atoms with Crippen molar-refractivity contribution in [1.82, 2.24) is 14.3 Å². The highest BCUT2D eigenvalue weighted by molar-refractivity contribution is 6.17. The second kappa shape index (κ2) is 9.09. The lowest BCUT2D eigenvalue weighted by Gasteiger charge is -2.10. The number of aryl methyl sites for hydroxylation is 4. The van der Waals surface area contributed by atoms with E-state index in [1.54, 1.807) is 36.3 Å². The van der Waals surface area contributed by atoms with Crippen molar-refractivity contribution in [3.63, 3.8) is 0 Å². The fourth-order valence-electron chi connectivity index (χ4n) is 4.10. The number of fused-ring (bicyclic) bond motifs is 1. The Kier molecular flexibility index (Phi) is 6.69. The summed E-state index contributed by atoms with van der Waals surface area (Å²) in [6.07, 6.45) is 0.961. The van der Waals surface area contributed by atoms with Gasteiger partial charge in [-0.15, -0.1) is 11.6 Å². The Morgan fingerprint density at radius 2 is 1.94 bits per heavy atom. The van der Waals surface area contributed by atoms with Crippen LogP contribution in [0.5, 0.6) is 0 Å². The number of halogens is 2. The van der Waals surface area contributed by atoms with E-state index in [2.05, 4.69) is 5.10 Å². The van der Waals surface area contributed by atoms with E-state index in [0.29, 0.717) is 52.1 Å². The molecule has 0 saturated carbocycles. The van der Waals surface area contributed by atoms with E-state index in [-0.39, 0.29) is 18.5 Å². The second-order valence-electron chi connectivity index (χ2n) is 7.30. The highest BCUT2D eigenvalue weighted by atomic mass is 35.5. The number of carbonyl (C=O) groups is 2. The number of ether oxygens (including phenoxy) is 2. The molecule has 0 aliphatic rings. The molecule has 3 rings (SSSR count). The summed E-state index contributed by atoms with van der Waals surface area (Å²) in [6.45, 7) is 3.36. The molecule has 0 unspecified atom stereocenters. The molecule has 0 radical (unpaired) electrons. The molecule has 0 bridgehead atoms. The third kappa shape index (κ3) is 4.04. The van der Waals surface area contributed by atoms with Crippen LogP contribution in [-0.2, 0) is 40.7 Å². The predicted molar refractivity (Wildman–Crippen MR) is 116 cm³/mol. The van der Waals surface area contributed by atoms with E-state index in [4.69, 9.17) is 21.1 Å². The lowest BCUT2D eigenvalue weighted by atomic mass is 9.98. The van der Waals surface area contributed by atoms with Crippen LogP contribution in [0.3, 0.4) is 0 Å². The number of benzene rings is 1. The third-order valence-corrected chi connectivity index (χ3v) is 5.63. The van der Waals surface area contributed by atoms with Crippen LogP contribution in [0.4, 0.5) is 4.39 Å². The summed E-state index contributed by atoms with van der Waals surface area (Å²) >= 11 is 6.16. The first-order valence-electron chi connectivity index (χ1n) is 9.83. The first-order valence-corrected chi connectivity index (χ1v) is 10.4. The number of nitrogens with zero attached hydrogens (tertiary/aromatic N) is 3. The Morgan fingerprint density at radius 3 is 2.55 bits per heavy atom. The van der Waals surface area contributed by atoms with E-state index in [0.717, 1.165) is 5.39 Å². The molecule has 1 aromatic carbocycles. The Bertz CT molecular complexity index is 1170. The monoisotopic (exact) mass is 449 g/mol. The van der Waals surface area contributed by atoms with Gasteiger partial charge in [0.05, 0.1) is 36.5 Å². The number of esters is 2. The standard InChI is InChI=1S/C22H25ClFN3O4/c1-12-18(17(11-23)27(4)25-12)19-16(24)9-8-15-14(7-6-10-31-13(2)28)21(22(29)30-5)26(3)20(15)19/h8-9H,6-7,10-11H2,1-5H3. The third-order valence-electron chi connectivity index (χ3n) is 5.38. The molecule has 166 valence electrons. The van der Waals surface area contributed by atoms with Crippen LogP contribution in [-0.4, -0.2) is 40.0 Å². The summed E-state index contributed by atoms with van der Waals surface area (Å²) in [5.41, 5.74) is 3.89. The van der Waals surface area contributed by atoms with Gasteiger partial charge in [-0.2, -0.15) is 5.10 Å². The molecule has 7 nitrogen and oxygen atoms in total. The number of aromatic nitrogens is 3. The minimum absolute atomic E-state index is 0.159. The van der Waals surface area contributed by atoms with Crippen LogP contribution in [0.15, 0.2) is 12.1 Å². The van der Waals surface area contributed by atoms with Gasteiger partial charge in [0.15, 0.2) is 0 Å². The minimum Gasteiger partial charge on any atom is -0.466 e. The van der Waals surface area contributed by atoms with E-state index in [9.17, 15) is 9.59 Å². The van der Waals surface area contributed by atoms with Gasteiger partial charge < -0.3 is 14.0 Å². The largest absolute Gasteiger partial charge is 0.466 e. The smallest absolute Gasteiger partial charge is 0.354 e. The summed E-state index contributed by atoms with van der Waals surface area (Å²) in [6, 6.07) is 3.05. The summed E-state index contributed by atoms with van der Waals surface area (Å²) in [7, 11) is 4.78. The van der Waals surface area contributed by atoms with Gasteiger partial charge in [-0.05, 0) is 37.5 Å². The van der Waals surface area contributed by atoms with Crippen molar-refractivity contribution in [2.24, 2.45) is 14.1 Å². The van der Waals surface area contributed by atoms with Gasteiger partial charge in [-0.1, -0.05) is 0 Å². The lowest BCUT2D eigenvalue weighted by Crippen LogP contribution is -2.11. The van der Waals surface area contributed by atoms with Gasteiger partial charge in [-0.25, -0.2) is 9.18 Å². The molecule has 3 aromatic rings. The van der Waals surface area contributed by atoms with Crippen molar-refractivity contribution in [2.45, 2.75) is 32.6 Å². The Labute approximate surface area is 184 Å². The first-order chi connectivity index (χ1) is 14.7. The molecule has 31 heavy (non-hydrogen) atoms. The number of rotatable bonds is 7. The van der Waals surface area contributed by atoms with Crippen molar-refractivity contribution in [2.75, 3.05) is 13.7 Å². The molecular formula is C22H25ClFN3O4. The van der Waals surface area contributed by atoms with E-state index in [1.807, 2.05) is 0 Å². The van der Waals surface area contributed by atoms with Gasteiger partial charge in [-0.3, -0.25) is 9.48 Å². The van der Waals surface area contributed by atoms with Gasteiger partial charge in [0.2, 0.25) is 0 Å². The molecule has 0 N–H and O–H groups in total. The van der Waals surface area contributed by atoms with Gasteiger partial charge in [0, 0.05) is 37.5 Å². The Balaban J connectivity index is 2.28. The fraction of sp³-hybridized carbons (Fsp3) is 0.409. The quantitative estimate of drug-likeness (QED) is 0.309. The van der Waals surface area contributed by atoms with Crippen molar-refractivity contribution in [3.05, 3.63) is 40.6 Å². The molecule has 9 heteroatoms. The zero-order valence-electron chi connectivity index (χ0n) is 18.2. The van der Waals surface area contributed by atoms with E-state index >= 15 is 4.39 Å². The summed E-state index contributed by atoms with van der Waals surface area (Å²) in [5, 5.41) is 5.14. The van der Waals surface area contributed by atoms with Crippen LogP contribution in [0.2, 0.25) is 0 Å². The number of hydrogen-bond donors (Lipinski definition) is 0. The van der Waals surface area contributed by atoms with Crippen molar-refractivity contribution in [1.29, 1.82) is 0 Å². The van der Waals surface area contributed by atoms with Gasteiger partial charge in [0.25, 0.3) is 0 Å². The molecule has 0 atom stereocenters. The van der Waals surface area contributed by atoms with Crippen LogP contribution in [0.25, 0.3) is 22.0 Å². The molecule has 0 aliphatic heterocycles. The minimum atomic E-state index is -0.520.